The molecule has 0 unspecified atom stereocenters. The van der Waals surface area contributed by atoms with Crippen molar-refractivity contribution in [2.24, 2.45) is 0 Å². The van der Waals surface area contributed by atoms with Crippen molar-refractivity contribution in [3.05, 3.63) is 52.0 Å². The third-order valence-corrected chi connectivity index (χ3v) is 3.40. The fourth-order valence-electron chi connectivity index (χ4n) is 1.89. The van der Waals surface area contributed by atoms with Gasteiger partial charge in [-0.3, -0.25) is 0 Å². The van der Waals surface area contributed by atoms with Crippen LogP contribution in [0, 0.1) is 20.8 Å². The largest absolute Gasteiger partial charge is 0.398 e. The zero-order valence-corrected chi connectivity index (χ0v) is 11.1. The Hall–Kier alpha value is -1.47. The average molecular weight is 246 g/mol. The Morgan fingerprint density at radius 3 is 2.24 bits per heavy atom. The highest BCUT2D eigenvalue weighted by Crippen LogP contribution is 2.34. The Kier molecular flexibility index (Phi) is 3.12. The minimum Gasteiger partial charge on any atom is -0.398 e. The molecule has 0 bridgehead atoms. The number of anilines is 1. The smallest absolute Gasteiger partial charge is 0.0488 e. The lowest BCUT2D eigenvalue weighted by atomic mass is 9.98. The second-order valence-electron chi connectivity index (χ2n) is 4.51. The molecule has 0 heterocycles. The molecule has 17 heavy (non-hydrogen) atoms. The average Bonchev–Trinajstić information content (AvgIpc) is 2.27. The molecule has 1 nitrogen and oxygen atoms in total. The van der Waals surface area contributed by atoms with Crippen LogP contribution in [0.4, 0.5) is 5.69 Å². The number of rotatable bonds is 1. The van der Waals surface area contributed by atoms with Gasteiger partial charge < -0.3 is 5.73 Å². The van der Waals surface area contributed by atoms with Gasteiger partial charge >= 0.3 is 0 Å². The lowest BCUT2D eigenvalue weighted by Gasteiger charge is -2.11. The maximum atomic E-state index is 6.30. The molecule has 0 radical (unpaired) electrons. The summed E-state index contributed by atoms with van der Waals surface area (Å²) in [6.07, 6.45) is 0. The van der Waals surface area contributed by atoms with E-state index in [4.69, 9.17) is 17.3 Å². The predicted octanol–water partition coefficient (Wildman–Crippen LogP) is 4.51. The number of nitrogen functional groups attached to an aromatic ring is 1. The molecule has 2 aromatic rings. The molecule has 2 heteroatoms. The van der Waals surface area contributed by atoms with Gasteiger partial charge in [0, 0.05) is 21.8 Å². The van der Waals surface area contributed by atoms with Gasteiger partial charge in [0.05, 0.1) is 0 Å². The molecule has 0 aliphatic heterocycles. The van der Waals surface area contributed by atoms with Crippen LogP contribution in [-0.4, -0.2) is 0 Å². The highest BCUT2D eigenvalue weighted by Gasteiger charge is 2.09. The lowest BCUT2D eigenvalue weighted by Crippen LogP contribution is -1.93. The van der Waals surface area contributed by atoms with E-state index < -0.39 is 0 Å². The van der Waals surface area contributed by atoms with Gasteiger partial charge in [-0.25, -0.2) is 0 Å². The second-order valence-corrected chi connectivity index (χ2v) is 4.91. The highest BCUT2D eigenvalue weighted by molar-refractivity contribution is 6.33. The molecule has 0 saturated heterocycles. The van der Waals surface area contributed by atoms with E-state index in [2.05, 4.69) is 32.9 Å². The SMILES string of the molecule is Cc1ccc(N)c(-c2cc(C)c(C)cc2Cl)c1. The summed E-state index contributed by atoms with van der Waals surface area (Å²) >= 11 is 6.30. The van der Waals surface area contributed by atoms with Crippen molar-refractivity contribution in [1.29, 1.82) is 0 Å². The van der Waals surface area contributed by atoms with E-state index in [0.717, 1.165) is 21.8 Å². The van der Waals surface area contributed by atoms with Gasteiger partial charge in [-0.2, -0.15) is 0 Å². The van der Waals surface area contributed by atoms with Crippen LogP contribution in [0.5, 0.6) is 0 Å². The minimum atomic E-state index is 0.755. The first kappa shape index (κ1) is 12.0. The number of hydrogen-bond acceptors (Lipinski definition) is 1. The first-order valence-electron chi connectivity index (χ1n) is 5.62. The van der Waals surface area contributed by atoms with E-state index in [-0.39, 0.29) is 0 Å². The Morgan fingerprint density at radius 1 is 0.882 bits per heavy atom. The minimum absolute atomic E-state index is 0.755. The summed E-state index contributed by atoms with van der Waals surface area (Å²) < 4.78 is 0. The fraction of sp³-hybridized carbons (Fsp3) is 0.200. The standard InChI is InChI=1S/C15H16ClN/c1-9-4-5-15(17)13(6-9)12-7-10(2)11(3)8-14(12)16/h4-8H,17H2,1-3H3. The maximum absolute atomic E-state index is 6.30. The fourth-order valence-corrected chi connectivity index (χ4v) is 2.21. The molecule has 0 amide bonds. The monoisotopic (exact) mass is 245 g/mol. The van der Waals surface area contributed by atoms with Crippen LogP contribution < -0.4 is 5.73 Å². The maximum Gasteiger partial charge on any atom is 0.0488 e. The van der Waals surface area contributed by atoms with Crippen molar-refractivity contribution in [3.63, 3.8) is 0 Å². The topological polar surface area (TPSA) is 26.0 Å². The zero-order chi connectivity index (χ0) is 12.6. The summed E-state index contributed by atoms with van der Waals surface area (Å²) in [6.45, 7) is 6.20. The van der Waals surface area contributed by atoms with Crippen LogP contribution in [0.25, 0.3) is 11.1 Å². The number of nitrogens with two attached hydrogens (primary N) is 1. The van der Waals surface area contributed by atoms with Crippen molar-refractivity contribution in [2.45, 2.75) is 20.8 Å². The van der Waals surface area contributed by atoms with Crippen LogP contribution >= 0.6 is 11.6 Å². The van der Waals surface area contributed by atoms with E-state index in [1.165, 1.54) is 16.7 Å². The Bertz CT molecular complexity index is 573. The Labute approximate surface area is 107 Å². The molecular weight excluding hydrogens is 230 g/mol. The van der Waals surface area contributed by atoms with Crippen molar-refractivity contribution in [1.82, 2.24) is 0 Å². The molecule has 2 rings (SSSR count). The van der Waals surface area contributed by atoms with Gasteiger partial charge in [0.25, 0.3) is 0 Å². The second kappa shape index (κ2) is 4.42. The lowest BCUT2D eigenvalue weighted by molar-refractivity contribution is 1.34. The number of hydrogen-bond donors (Lipinski definition) is 1. The summed E-state index contributed by atoms with van der Waals surface area (Å²) in [4.78, 5) is 0. The molecule has 0 aliphatic rings. The molecular formula is C15H16ClN. The van der Waals surface area contributed by atoms with Crippen LogP contribution in [-0.2, 0) is 0 Å². The van der Waals surface area contributed by atoms with Crippen LogP contribution in [0.3, 0.4) is 0 Å². The molecule has 88 valence electrons. The van der Waals surface area contributed by atoms with E-state index in [1.54, 1.807) is 0 Å². The van der Waals surface area contributed by atoms with Crippen LogP contribution in [0.1, 0.15) is 16.7 Å². The number of halogens is 1. The molecule has 0 spiro atoms. The van der Waals surface area contributed by atoms with Crippen molar-refractivity contribution in [2.75, 3.05) is 5.73 Å². The number of aryl methyl sites for hydroxylation is 3. The van der Waals surface area contributed by atoms with Crippen molar-refractivity contribution in [3.8, 4) is 11.1 Å². The molecule has 0 saturated carbocycles. The highest BCUT2D eigenvalue weighted by atomic mass is 35.5. The molecule has 0 atom stereocenters. The summed E-state index contributed by atoms with van der Waals surface area (Å²) in [7, 11) is 0. The summed E-state index contributed by atoms with van der Waals surface area (Å²) in [6, 6.07) is 10.1. The third-order valence-electron chi connectivity index (χ3n) is 3.08. The van der Waals surface area contributed by atoms with Gasteiger partial charge in [0.15, 0.2) is 0 Å². The predicted molar refractivity (Wildman–Crippen MR) is 75.5 cm³/mol. The van der Waals surface area contributed by atoms with E-state index in [0.29, 0.717) is 0 Å². The Morgan fingerprint density at radius 2 is 1.53 bits per heavy atom. The molecule has 2 N–H and O–H groups in total. The molecule has 0 aromatic heterocycles. The number of benzene rings is 2. The normalized spacial score (nSPS) is 10.6. The quantitative estimate of drug-likeness (QED) is 0.735. The Balaban J connectivity index is 2.68. The van der Waals surface area contributed by atoms with Gasteiger partial charge in [-0.15, -0.1) is 0 Å². The van der Waals surface area contributed by atoms with Gasteiger partial charge in [-0.1, -0.05) is 23.2 Å². The first-order valence-corrected chi connectivity index (χ1v) is 6.00. The van der Waals surface area contributed by atoms with Crippen LogP contribution in [0.15, 0.2) is 30.3 Å². The van der Waals surface area contributed by atoms with E-state index in [9.17, 15) is 0 Å². The van der Waals surface area contributed by atoms with Gasteiger partial charge in [0.1, 0.15) is 0 Å². The van der Waals surface area contributed by atoms with Crippen molar-refractivity contribution < 1.29 is 0 Å². The summed E-state index contributed by atoms with van der Waals surface area (Å²) in [5.74, 6) is 0. The molecule has 0 fully saturated rings. The van der Waals surface area contributed by atoms with Gasteiger partial charge in [0.2, 0.25) is 0 Å². The zero-order valence-electron chi connectivity index (χ0n) is 10.3. The van der Waals surface area contributed by atoms with Crippen molar-refractivity contribution >= 4 is 17.3 Å². The molecule has 2 aromatic carbocycles. The molecule has 0 aliphatic carbocycles. The summed E-state index contributed by atoms with van der Waals surface area (Å²) in [5.41, 5.74) is 12.4. The van der Waals surface area contributed by atoms with Crippen LogP contribution in [0.2, 0.25) is 5.02 Å². The van der Waals surface area contributed by atoms with E-state index in [1.807, 2.05) is 18.2 Å². The first-order chi connectivity index (χ1) is 7.99. The van der Waals surface area contributed by atoms with Gasteiger partial charge in [-0.05, 0) is 56.2 Å². The third kappa shape index (κ3) is 2.29. The summed E-state index contributed by atoms with van der Waals surface area (Å²) in [5, 5.41) is 0.755. The van der Waals surface area contributed by atoms with E-state index >= 15 is 0 Å².